The molecule has 0 saturated carbocycles. The SMILES string of the molecule is O=[SH](=O)NC[C@H]1OC(O)[C@@H](O)[C@@H](O)[C@@H]1O. The van der Waals surface area contributed by atoms with Gasteiger partial charge in [0.25, 0.3) is 0 Å². The molecule has 0 amide bonds. The molecule has 0 spiro atoms. The van der Waals surface area contributed by atoms with Crippen LogP contribution in [0.3, 0.4) is 0 Å². The number of nitrogens with one attached hydrogen (secondary N) is 1. The van der Waals surface area contributed by atoms with E-state index in [1.54, 1.807) is 0 Å². The highest BCUT2D eigenvalue weighted by atomic mass is 32.2. The number of hydrogen-bond acceptors (Lipinski definition) is 7. The maximum absolute atomic E-state index is 10.2. The van der Waals surface area contributed by atoms with Crippen LogP contribution in [0.2, 0.25) is 0 Å². The Labute approximate surface area is 87.2 Å². The van der Waals surface area contributed by atoms with Crippen LogP contribution < -0.4 is 4.72 Å². The molecule has 90 valence electrons. The molecule has 1 aliphatic rings. The topological polar surface area (TPSA) is 136 Å². The first-order chi connectivity index (χ1) is 6.93. The molecule has 8 nitrogen and oxygen atoms in total. The molecule has 0 radical (unpaired) electrons. The number of rotatable bonds is 3. The first kappa shape index (κ1) is 12.8. The van der Waals surface area contributed by atoms with Gasteiger partial charge < -0.3 is 25.2 Å². The first-order valence-corrected chi connectivity index (χ1v) is 5.37. The molecule has 1 saturated heterocycles. The fourth-order valence-corrected chi connectivity index (χ4v) is 1.59. The minimum absolute atomic E-state index is 0.291. The van der Waals surface area contributed by atoms with Crippen LogP contribution in [0.1, 0.15) is 0 Å². The van der Waals surface area contributed by atoms with E-state index in [4.69, 9.17) is 14.9 Å². The summed E-state index contributed by atoms with van der Waals surface area (Å²) in [6.07, 6.45) is -7.42. The van der Waals surface area contributed by atoms with E-state index in [9.17, 15) is 18.6 Å². The van der Waals surface area contributed by atoms with E-state index >= 15 is 0 Å². The van der Waals surface area contributed by atoms with Crippen LogP contribution in [0.4, 0.5) is 0 Å². The van der Waals surface area contributed by atoms with Gasteiger partial charge in [-0.3, -0.25) is 0 Å². The third-order valence-electron chi connectivity index (χ3n) is 2.11. The second-order valence-corrected chi connectivity index (χ2v) is 3.99. The van der Waals surface area contributed by atoms with Crippen LogP contribution in [0, 0.1) is 0 Å². The smallest absolute Gasteiger partial charge is 0.201 e. The Hall–Kier alpha value is -0.290. The van der Waals surface area contributed by atoms with E-state index in [-0.39, 0.29) is 6.54 Å². The highest BCUT2D eigenvalue weighted by Crippen LogP contribution is 2.19. The Bertz CT molecular complexity index is 275. The Balaban J connectivity index is 2.58. The van der Waals surface area contributed by atoms with Crippen molar-refractivity contribution < 1.29 is 33.6 Å². The fourth-order valence-electron chi connectivity index (χ4n) is 1.26. The molecule has 1 fully saturated rings. The molecule has 0 aromatic rings. The number of hydrogen-bond donors (Lipinski definition) is 6. The molecule has 0 bridgehead atoms. The molecule has 9 heteroatoms. The summed E-state index contributed by atoms with van der Waals surface area (Å²) in [7, 11) is -2.85. The summed E-state index contributed by atoms with van der Waals surface area (Å²) >= 11 is 0. The third-order valence-corrected chi connectivity index (χ3v) is 2.55. The summed E-state index contributed by atoms with van der Waals surface area (Å²) in [4.78, 5) is 0. The van der Waals surface area contributed by atoms with Gasteiger partial charge in [-0.2, -0.15) is 0 Å². The molecule has 1 heterocycles. The zero-order valence-corrected chi connectivity index (χ0v) is 8.45. The van der Waals surface area contributed by atoms with Crippen molar-refractivity contribution >= 4 is 10.9 Å². The van der Waals surface area contributed by atoms with Gasteiger partial charge in [-0.05, 0) is 0 Å². The first-order valence-electron chi connectivity index (χ1n) is 4.19. The summed E-state index contributed by atoms with van der Waals surface area (Å²) in [5.41, 5.74) is 0. The normalized spacial score (nSPS) is 42.1. The zero-order valence-electron chi connectivity index (χ0n) is 7.55. The predicted molar refractivity (Wildman–Crippen MR) is 47.2 cm³/mol. The minimum atomic E-state index is -2.85. The molecule has 1 aliphatic heterocycles. The Kier molecular flexibility index (Phi) is 4.40. The van der Waals surface area contributed by atoms with E-state index in [0.29, 0.717) is 0 Å². The van der Waals surface area contributed by atoms with Crippen LogP contribution in [-0.4, -0.2) is 66.1 Å². The van der Waals surface area contributed by atoms with Crippen molar-refractivity contribution in [1.29, 1.82) is 0 Å². The number of thiol groups is 1. The number of ether oxygens (including phenoxy) is 1. The van der Waals surface area contributed by atoms with Crippen molar-refractivity contribution in [3.63, 3.8) is 0 Å². The standard InChI is InChI=1S/C6H13NO7S/c8-3-2(1-7-15(12)13)14-6(11)5(10)4(3)9/h2-6,8-11,15H,1H2,(H,7,12,13)/t2-,3-,4+,5+,6?/m1/s1. The van der Waals surface area contributed by atoms with Crippen molar-refractivity contribution in [2.75, 3.05) is 6.54 Å². The Morgan fingerprint density at radius 2 is 1.67 bits per heavy atom. The van der Waals surface area contributed by atoms with Crippen LogP contribution in [0.5, 0.6) is 0 Å². The van der Waals surface area contributed by atoms with Crippen LogP contribution in [0.25, 0.3) is 0 Å². The Morgan fingerprint density at radius 3 is 2.20 bits per heavy atom. The van der Waals surface area contributed by atoms with E-state index in [1.807, 2.05) is 4.72 Å². The van der Waals surface area contributed by atoms with E-state index in [0.717, 1.165) is 0 Å². The van der Waals surface area contributed by atoms with Gasteiger partial charge in [0.05, 0.1) is 0 Å². The van der Waals surface area contributed by atoms with E-state index < -0.39 is 41.6 Å². The van der Waals surface area contributed by atoms with E-state index in [1.165, 1.54) is 0 Å². The van der Waals surface area contributed by atoms with Crippen LogP contribution in [0.15, 0.2) is 0 Å². The van der Waals surface area contributed by atoms with Crippen LogP contribution in [-0.2, 0) is 15.6 Å². The minimum Gasteiger partial charge on any atom is -0.388 e. The summed E-state index contributed by atoms with van der Waals surface area (Å²) < 4.78 is 27.0. The average Bonchev–Trinajstić information content (AvgIpc) is 2.18. The van der Waals surface area contributed by atoms with Gasteiger partial charge in [0.15, 0.2) is 6.29 Å². The summed E-state index contributed by atoms with van der Waals surface area (Å²) in [6, 6.07) is 0. The third kappa shape index (κ3) is 3.08. The second-order valence-electron chi connectivity index (χ2n) is 3.16. The van der Waals surface area contributed by atoms with Gasteiger partial charge in [0.1, 0.15) is 24.4 Å². The lowest BCUT2D eigenvalue weighted by Gasteiger charge is -2.38. The molecule has 5 atom stereocenters. The molecule has 1 rings (SSSR count). The zero-order chi connectivity index (χ0) is 11.6. The fraction of sp³-hybridized carbons (Fsp3) is 1.00. The molecule has 15 heavy (non-hydrogen) atoms. The molecule has 0 aromatic carbocycles. The van der Waals surface area contributed by atoms with Gasteiger partial charge >= 0.3 is 0 Å². The monoisotopic (exact) mass is 243 g/mol. The predicted octanol–water partition coefficient (Wildman–Crippen LogP) is -4.10. The van der Waals surface area contributed by atoms with Gasteiger partial charge in [0, 0.05) is 6.54 Å². The largest absolute Gasteiger partial charge is 0.388 e. The van der Waals surface area contributed by atoms with Crippen molar-refractivity contribution in [2.24, 2.45) is 0 Å². The van der Waals surface area contributed by atoms with Gasteiger partial charge in [-0.15, -0.1) is 0 Å². The Morgan fingerprint density at radius 1 is 1.07 bits per heavy atom. The van der Waals surface area contributed by atoms with Gasteiger partial charge in [0.2, 0.25) is 10.9 Å². The number of aliphatic hydroxyl groups excluding tert-OH is 4. The van der Waals surface area contributed by atoms with Crippen LogP contribution >= 0.6 is 0 Å². The lowest BCUT2D eigenvalue weighted by Crippen LogP contribution is -2.59. The van der Waals surface area contributed by atoms with Crippen molar-refractivity contribution in [1.82, 2.24) is 4.72 Å². The number of aliphatic hydroxyl groups is 4. The summed E-state index contributed by atoms with van der Waals surface area (Å²) in [5, 5.41) is 36.8. The quantitative estimate of drug-likeness (QED) is 0.277. The average molecular weight is 243 g/mol. The highest BCUT2D eigenvalue weighted by molar-refractivity contribution is 7.70. The molecule has 0 aliphatic carbocycles. The molecular weight excluding hydrogens is 230 g/mol. The lowest BCUT2D eigenvalue weighted by atomic mass is 9.99. The molecular formula is C6H13NO7S. The summed E-state index contributed by atoms with van der Waals surface area (Å²) in [5.74, 6) is 0. The molecule has 5 N–H and O–H groups in total. The highest BCUT2D eigenvalue weighted by Gasteiger charge is 2.42. The summed E-state index contributed by atoms with van der Waals surface area (Å²) in [6.45, 7) is -0.291. The van der Waals surface area contributed by atoms with Gasteiger partial charge in [-0.1, -0.05) is 0 Å². The molecule has 0 aromatic heterocycles. The van der Waals surface area contributed by atoms with Crippen molar-refractivity contribution in [3.8, 4) is 0 Å². The second kappa shape index (κ2) is 5.16. The maximum Gasteiger partial charge on any atom is 0.201 e. The van der Waals surface area contributed by atoms with Gasteiger partial charge in [-0.25, -0.2) is 13.1 Å². The maximum atomic E-state index is 10.2. The lowest BCUT2D eigenvalue weighted by molar-refractivity contribution is -0.279. The molecule has 1 unspecified atom stereocenters. The van der Waals surface area contributed by atoms with Crippen molar-refractivity contribution in [2.45, 2.75) is 30.7 Å². The van der Waals surface area contributed by atoms with E-state index in [2.05, 4.69) is 0 Å². The van der Waals surface area contributed by atoms with Crippen molar-refractivity contribution in [3.05, 3.63) is 0 Å².